The Morgan fingerprint density at radius 1 is 1.13 bits per heavy atom. The van der Waals surface area contributed by atoms with Gasteiger partial charge in [0.05, 0.1) is 25.3 Å². The Bertz CT molecular complexity index is 853. The molecule has 0 spiro atoms. The summed E-state index contributed by atoms with van der Waals surface area (Å²) >= 11 is 0. The zero-order valence-corrected chi connectivity index (χ0v) is 12.3. The molecule has 0 radical (unpaired) electrons. The third kappa shape index (κ3) is 3.12. The van der Waals surface area contributed by atoms with Gasteiger partial charge in [-0.2, -0.15) is 15.8 Å². The average Bonchev–Trinajstić information content (AvgIpc) is 2.56. The number of aromatic nitrogens is 1. The first-order valence-electron chi connectivity index (χ1n) is 6.60. The van der Waals surface area contributed by atoms with Crippen molar-refractivity contribution in [2.75, 3.05) is 18.2 Å². The van der Waals surface area contributed by atoms with Gasteiger partial charge in [-0.05, 0) is 24.3 Å². The van der Waals surface area contributed by atoms with E-state index in [1.54, 1.807) is 31.4 Å². The molecule has 0 fully saturated rings. The summed E-state index contributed by atoms with van der Waals surface area (Å²) in [5.74, 6) is 1.14. The number of nitriles is 3. The standard InChI is InChI=1S/C16H12N6O/c1-23-11-4-2-10(3-5-11)21-16-14(9-19)12(6-7-17)13(8-18)15(20)22-16/h2-5H,6H2,1H3,(H3,20,21,22)/p+1. The van der Waals surface area contributed by atoms with E-state index in [9.17, 15) is 10.5 Å². The van der Waals surface area contributed by atoms with Gasteiger partial charge in [0.1, 0.15) is 29.0 Å². The smallest absolute Gasteiger partial charge is 0.242 e. The first-order chi connectivity index (χ1) is 11.1. The Labute approximate surface area is 133 Å². The lowest BCUT2D eigenvalue weighted by molar-refractivity contribution is -0.343. The summed E-state index contributed by atoms with van der Waals surface area (Å²) in [5, 5.41) is 30.6. The lowest BCUT2D eigenvalue weighted by atomic mass is 10.0. The molecule has 4 N–H and O–H groups in total. The normalized spacial score (nSPS) is 9.30. The van der Waals surface area contributed by atoms with Crippen molar-refractivity contribution in [1.82, 2.24) is 0 Å². The van der Waals surface area contributed by atoms with E-state index in [2.05, 4.69) is 10.3 Å². The first kappa shape index (κ1) is 15.6. The van der Waals surface area contributed by atoms with E-state index in [1.165, 1.54) is 0 Å². The highest BCUT2D eigenvalue weighted by Crippen LogP contribution is 2.25. The summed E-state index contributed by atoms with van der Waals surface area (Å²) < 4.78 is 5.08. The molecule has 0 unspecified atom stereocenters. The monoisotopic (exact) mass is 305 g/mol. The number of rotatable bonds is 4. The highest BCUT2D eigenvalue weighted by atomic mass is 16.5. The molecule has 0 aliphatic carbocycles. The Hall–Kier alpha value is -3.76. The summed E-state index contributed by atoms with van der Waals surface area (Å²) in [5.41, 5.74) is 7.14. The summed E-state index contributed by atoms with van der Waals surface area (Å²) in [7, 11) is 1.57. The van der Waals surface area contributed by atoms with Crippen LogP contribution in [0.5, 0.6) is 5.75 Å². The number of methoxy groups -OCH3 is 1. The summed E-state index contributed by atoms with van der Waals surface area (Å²) in [6.07, 6.45) is -0.0814. The zero-order chi connectivity index (χ0) is 16.8. The first-order valence-corrected chi connectivity index (χ1v) is 6.60. The molecule has 7 nitrogen and oxygen atoms in total. The topological polar surface area (TPSA) is 133 Å². The van der Waals surface area contributed by atoms with Gasteiger partial charge in [0.25, 0.3) is 0 Å². The van der Waals surface area contributed by atoms with Crippen molar-refractivity contribution in [2.45, 2.75) is 6.42 Å². The fourth-order valence-electron chi connectivity index (χ4n) is 2.12. The minimum absolute atomic E-state index is 0.0814. The van der Waals surface area contributed by atoms with Crippen LogP contribution in [0.3, 0.4) is 0 Å². The van der Waals surface area contributed by atoms with E-state index < -0.39 is 0 Å². The Morgan fingerprint density at radius 2 is 1.78 bits per heavy atom. The minimum Gasteiger partial charge on any atom is -0.497 e. The van der Waals surface area contributed by atoms with E-state index in [1.807, 2.05) is 18.2 Å². The van der Waals surface area contributed by atoms with Gasteiger partial charge in [-0.25, -0.2) is 4.98 Å². The predicted octanol–water partition coefficient (Wildman–Crippen LogP) is 1.64. The molecular weight excluding hydrogens is 292 g/mol. The van der Waals surface area contributed by atoms with Gasteiger partial charge in [-0.15, -0.1) is 0 Å². The summed E-state index contributed by atoms with van der Waals surface area (Å²) in [6.45, 7) is 0. The van der Waals surface area contributed by atoms with Crippen LogP contribution in [0.2, 0.25) is 0 Å². The molecule has 0 aliphatic heterocycles. The molecule has 112 valence electrons. The molecule has 1 heterocycles. The molecular formula is C16H13N6O+. The van der Waals surface area contributed by atoms with Crippen molar-refractivity contribution in [1.29, 1.82) is 15.8 Å². The van der Waals surface area contributed by atoms with E-state index in [0.717, 1.165) is 0 Å². The maximum atomic E-state index is 9.41. The summed E-state index contributed by atoms with van der Waals surface area (Å²) in [6, 6.07) is 13.0. The zero-order valence-electron chi connectivity index (χ0n) is 12.3. The molecule has 23 heavy (non-hydrogen) atoms. The van der Waals surface area contributed by atoms with E-state index in [4.69, 9.17) is 15.7 Å². The van der Waals surface area contributed by atoms with E-state index >= 15 is 0 Å². The Kier molecular flexibility index (Phi) is 4.62. The van der Waals surface area contributed by atoms with Crippen LogP contribution in [0.4, 0.5) is 17.3 Å². The van der Waals surface area contributed by atoms with Gasteiger partial charge in [0.2, 0.25) is 11.6 Å². The Balaban J connectivity index is 2.52. The van der Waals surface area contributed by atoms with Gasteiger partial charge < -0.3 is 10.5 Å². The van der Waals surface area contributed by atoms with Crippen molar-refractivity contribution in [3.8, 4) is 24.0 Å². The van der Waals surface area contributed by atoms with Crippen LogP contribution in [-0.2, 0) is 6.42 Å². The molecule has 0 saturated heterocycles. The average molecular weight is 305 g/mol. The third-order valence-corrected chi connectivity index (χ3v) is 3.22. The second-order valence-electron chi connectivity index (χ2n) is 4.55. The molecule has 0 atom stereocenters. The SMILES string of the molecule is COc1ccc(Nc2[nH+]c(N)c(C#N)c(CC#N)c2C#N)cc1. The molecule has 7 heteroatoms. The van der Waals surface area contributed by atoms with Gasteiger partial charge in [-0.3, -0.25) is 5.32 Å². The number of nitrogens with one attached hydrogen (secondary N) is 2. The van der Waals surface area contributed by atoms with Crippen LogP contribution >= 0.6 is 0 Å². The second-order valence-corrected chi connectivity index (χ2v) is 4.55. The number of anilines is 3. The van der Waals surface area contributed by atoms with Crippen LogP contribution < -0.4 is 20.8 Å². The minimum atomic E-state index is -0.0814. The summed E-state index contributed by atoms with van der Waals surface area (Å²) in [4.78, 5) is 2.80. The number of hydrogen-bond donors (Lipinski definition) is 2. The molecule has 1 aromatic heterocycles. The number of nitrogen functional groups attached to an aromatic ring is 1. The molecule has 0 amide bonds. The lowest BCUT2D eigenvalue weighted by Gasteiger charge is -2.09. The van der Waals surface area contributed by atoms with Crippen molar-refractivity contribution >= 4 is 17.3 Å². The maximum Gasteiger partial charge on any atom is 0.242 e. The highest BCUT2D eigenvalue weighted by Gasteiger charge is 2.22. The third-order valence-electron chi connectivity index (χ3n) is 3.22. The van der Waals surface area contributed by atoms with Crippen LogP contribution in [0, 0.1) is 34.0 Å². The fraction of sp³-hybridized carbons (Fsp3) is 0.125. The number of benzene rings is 1. The number of aromatic amines is 1. The van der Waals surface area contributed by atoms with Crippen LogP contribution in [0.1, 0.15) is 16.7 Å². The fourth-order valence-corrected chi connectivity index (χ4v) is 2.12. The quantitative estimate of drug-likeness (QED) is 0.882. The number of pyridine rings is 1. The lowest BCUT2D eigenvalue weighted by Crippen LogP contribution is -2.21. The van der Waals surface area contributed by atoms with Gasteiger partial charge >= 0.3 is 0 Å². The molecule has 1 aromatic carbocycles. The van der Waals surface area contributed by atoms with Gasteiger partial charge in [0, 0.05) is 5.56 Å². The van der Waals surface area contributed by atoms with Crippen molar-refractivity contribution in [2.24, 2.45) is 0 Å². The maximum absolute atomic E-state index is 9.41. The molecule has 0 aliphatic rings. The Morgan fingerprint density at radius 3 is 2.30 bits per heavy atom. The molecule has 0 bridgehead atoms. The van der Waals surface area contributed by atoms with Crippen molar-refractivity contribution in [3.63, 3.8) is 0 Å². The van der Waals surface area contributed by atoms with E-state index in [0.29, 0.717) is 22.8 Å². The van der Waals surface area contributed by atoms with Crippen molar-refractivity contribution in [3.05, 3.63) is 41.0 Å². The molecule has 0 saturated carbocycles. The second kappa shape index (κ2) is 6.80. The number of ether oxygens (including phenoxy) is 1. The number of nitrogens with two attached hydrogens (primary N) is 1. The number of hydrogen-bond acceptors (Lipinski definition) is 6. The number of H-pyrrole nitrogens is 1. The van der Waals surface area contributed by atoms with Crippen LogP contribution in [0.15, 0.2) is 24.3 Å². The van der Waals surface area contributed by atoms with Gasteiger partial charge in [-0.1, -0.05) is 0 Å². The van der Waals surface area contributed by atoms with Crippen LogP contribution in [0.25, 0.3) is 0 Å². The predicted molar refractivity (Wildman–Crippen MR) is 82.4 cm³/mol. The van der Waals surface area contributed by atoms with Crippen molar-refractivity contribution < 1.29 is 9.72 Å². The molecule has 2 rings (SSSR count). The van der Waals surface area contributed by atoms with Crippen LogP contribution in [-0.4, -0.2) is 7.11 Å². The van der Waals surface area contributed by atoms with Gasteiger partial charge in [0.15, 0.2) is 0 Å². The largest absolute Gasteiger partial charge is 0.497 e. The number of nitrogens with zero attached hydrogens (tertiary/aromatic N) is 3. The molecule has 2 aromatic rings. The van der Waals surface area contributed by atoms with E-state index in [-0.39, 0.29) is 23.4 Å². The highest BCUT2D eigenvalue weighted by molar-refractivity contribution is 5.68.